The number of morpholine rings is 1. The highest BCUT2D eigenvalue weighted by Crippen LogP contribution is 2.37. The Kier molecular flexibility index (Phi) is 2.58. The summed E-state index contributed by atoms with van der Waals surface area (Å²) in [6, 6.07) is 6.77. The standard InChI is InChI=1S/C14H17N3O2/c1-2-11-12(17-9-16-11)5-10(1)14(7-19-8-14)13-6-18-4-3-15-13/h1-2,5,9,13,15H,3-4,6-8H2,(H,16,17). The van der Waals surface area contributed by atoms with Gasteiger partial charge in [-0.05, 0) is 17.7 Å². The Bertz CT molecular complexity index is 585. The molecule has 2 aromatic rings. The molecule has 1 unspecified atom stereocenters. The molecule has 0 radical (unpaired) electrons. The molecule has 2 saturated heterocycles. The third kappa shape index (κ3) is 1.69. The van der Waals surface area contributed by atoms with Crippen LogP contribution in [0.5, 0.6) is 0 Å². The molecule has 0 spiro atoms. The van der Waals surface area contributed by atoms with Gasteiger partial charge >= 0.3 is 0 Å². The van der Waals surface area contributed by atoms with Gasteiger partial charge in [0.15, 0.2) is 0 Å². The topological polar surface area (TPSA) is 59.2 Å². The first kappa shape index (κ1) is 11.4. The smallest absolute Gasteiger partial charge is 0.0931 e. The van der Waals surface area contributed by atoms with E-state index < -0.39 is 0 Å². The van der Waals surface area contributed by atoms with Crippen LogP contribution < -0.4 is 5.32 Å². The predicted molar refractivity (Wildman–Crippen MR) is 71.2 cm³/mol. The Morgan fingerprint density at radius 1 is 1.26 bits per heavy atom. The summed E-state index contributed by atoms with van der Waals surface area (Å²) >= 11 is 0. The molecule has 19 heavy (non-hydrogen) atoms. The molecule has 1 aromatic carbocycles. The van der Waals surface area contributed by atoms with E-state index in [0.29, 0.717) is 6.04 Å². The van der Waals surface area contributed by atoms with Crippen molar-refractivity contribution in [3.8, 4) is 0 Å². The molecule has 1 atom stereocenters. The number of fused-ring (bicyclic) bond motifs is 1. The Labute approximate surface area is 111 Å². The normalized spacial score (nSPS) is 26.2. The second-order valence-corrected chi connectivity index (χ2v) is 5.37. The average Bonchev–Trinajstić information content (AvgIpc) is 2.86. The molecule has 100 valence electrons. The highest BCUT2D eigenvalue weighted by atomic mass is 16.5. The maximum absolute atomic E-state index is 5.62. The lowest BCUT2D eigenvalue weighted by molar-refractivity contribution is -0.101. The summed E-state index contributed by atoms with van der Waals surface area (Å²) in [6.45, 7) is 3.98. The summed E-state index contributed by atoms with van der Waals surface area (Å²) in [4.78, 5) is 7.45. The molecule has 2 aliphatic heterocycles. The number of nitrogens with zero attached hydrogens (tertiary/aromatic N) is 1. The number of imidazole rings is 1. The Hall–Kier alpha value is -1.43. The Morgan fingerprint density at radius 2 is 2.21 bits per heavy atom. The van der Waals surface area contributed by atoms with Gasteiger partial charge in [-0.2, -0.15) is 0 Å². The third-order valence-corrected chi connectivity index (χ3v) is 4.30. The largest absolute Gasteiger partial charge is 0.379 e. The van der Waals surface area contributed by atoms with Crippen LogP contribution in [0.2, 0.25) is 0 Å². The molecule has 5 nitrogen and oxygen atoms in total. The van der Waals surface area contributed by atoms with Crippen LogP contribution in [0.15, 0.2) is 24.5 Å². The number of nitrogens with one attached hydrogen (secondary N) is 2. The van der Waals surface area contributed by atoms with Crippen LogP contribution in [0.4, 0.5) is 0 Å². The van der Waals surface area contributed by atoms with E-state index in [1.165, 1.54) is 5.56 Å². The molecule has 0 saturated carbocycles. The first-order valence-corrected chi connectivity index (χ1v) is 6.71. The van der Waals surface area contributed by atoms with Crippen molar-refractivity contribution in [2.75, 3.05) is 33.0 Å². The lowest BCUT2D eigenvalue weighted by atomic mass is 9.72. The molecule has 2 aliphatic rings. The van der Waals surface area contributed by atoms with Crippen molar-refractivity contribution in [1.82, 2.24) is 15.3 Å². The lowest BCUT2D eigenvalue weighted by Gasteiger charge is -2.49. The lowest BCUT2D eigenvalue weighted by Crippen LogP contribution is -2.63. The van der Waals surface area contributed by atoms with Crippen LogP contribution in [0.25, 0.3) is 11.0 Å². The number of hydrogen-bond acceptors (Lipinski definition) is 4. The van der Waals surface area contributed by atoms with Crippen molar-refractivity contribution >= 4 is 11.0 Å². The second kappa shape index (κ2) is 4.30. The summed E-state index contributed by atoms with van der Waals surface area (Å²) in [6.07, 6.45) is 1.74. The summed E-state index contributed by atoms with van der Waals surface area (Å²) in [7, 11) is 0. The van der Waals surface area contributed by atoms with E-state index in [4.69, 9.17) is 9.47 Å². The Morgan fingerprint density at radius 3 is 2.95 bits per heavy atom. The van der Waals surface area contributed by atoms with E-state index in [-0.39, 0.29) is 5.41 Å². The monoisotopic (exact) mass is 259 g/mol. The maximum atomic E-state index is 5.62. The zero-order valence-corrected chi connectivity index (χ0v) is 10.7. The fourth-order valence-electron chi connectivity index (χ4n) is 3.06. The van der Waals surface area contributed by atoms with Gasteiger partial charge in [-0.1, -0.05) is 6.07 Å². The number of hydrogen-bond donors (Lipinski definition) is 2. The molecule has 4 rings (SSSR count). The van der Waals surface area contributed by atoms with Gasteiger partial charge in [-0.15, -0.1) is 0 Å². The van der Waals surface area contributed by atoms with Crippen molar-refractivity contribution in [2.45, 2.75) is 11.5 Å². The number of ether oxygens (including phenoxy) is 2. The van der Waals surface area contributed by atoms with Crippen LogP contribution in [0.1, 0.15) is 5.56 Å². The fraction of sp³-hybridized carbons (Fsp3) is 0.500. The van der Waals surface area contributed by atoms with Gasteiger partial charge in [-0.25, -0.2) is 4.98 Å². The van der Waals surface area contributed by atoms with Gasteiger partial charge in [0, 0.05) is 12.6 Å². The minimum atomic E-state index is 0.0414. The predicted octanol–water partition coefficient (Wildman–Crippen LogP) is 0.819. The van der Waals surface area contributed by atoms with Crippen molar-refractivity contribution in [1.29, 1.82) is 0 Å². The van der Waals surface area contributed by atoms with E-state index in [2.05, 4.69) is 33.5 Å². The zero-order chi connectivity index (χ0) is 12.7. The number of aromatic nitrogens is 2. The molecule has 3 heterocycles. The molecule has 2 fully saturated rings. The van der Waals surface area contributed by atoms with E-state index in [1.807, 2.05) is 0 Å². The minimum absolute atomic E-state index is 0.0414. The van der Waals surface area contributed by atoms with Crippen LogP contribution in [0, 0.1) is 0 Å². The third-order valence-electron chi connectivity index (χ3n) is 4.30. The van der Waals surface area contributed by atoms with E-state index in [9.17, 15) is 0 Å². The zero-order valence-electron chi connectivity index (χ0n) is 10.7. The quantitative estimate of drug-likeness (QED) is 0.838. The SMILES string of the molecule is c1nc2ccc(C3(C4COCCN4)COC3)cc2[nH]1. The van der Waals surface area contributed by atoms with Gasteiger partial charge in [0.1, 0.15) is 0 Å². The van der Waals surface area contributed by atoms with Crippen molar-refractivity contribution in [3.63, 3.8) is 0 Å². The molecule has 0 aliphatic carbocycles. The van der Waals surface area contributed by atoms with E-state index >= 15 is 0 Å². The van der Waals surface area contributed by atoms with Gasteiger partial charge < -0.3 is 19.8 Å². The molecule has 2 N–H and O–H groups in total. The van der Waals surface area contributed by atoms with Crippen LogP contribution in [-0.4, -0.2) is 49.0 Å². The molecule has 0 bridgehead atoms. The molecular formula is C14H17N3O2. The van der Waals surface area contributed by atoms with Gasteiger partial charge in [0.2, 0.25) is 0 Å². The molecule has 5 heteroatoms. The summed E-state index contributed by atoms with van der Waals surface area (Å²) in [5.41, 5.74) is 3.44. The molecular weight excluding hydrogens is 242 g/mol. The first-order valence-electron chi connectivity index (χ1n) is 6.71. The number of aromatic amines is 1. The number of benzene rings is 1. The van der Waals surface area contributed by atoms with E-state index in [1.54, 1.807) is 6.33 Å². The fourth-order valence-corrected chi connectivity index (χ4v) is 3.06. The van der Waals surface area contributed by atoms with Crippen molar-refractivity contribution in [3.05, 3.63) is 30.1 Å². The Balaban J connectivity index is 1.74. The van der Waals surface area contributed by atoms with Crippen LogP contribution in [0.3, 0.4) is 0 Å². The van der Waals surface area contributed by atoms with Crippen LogP contribution >= 0.6 is 0 Å². The minimum Gasteiger partial charge on any atom is -0.379 e. The van der Waals surface area contributed by atoms with Gasteiger partial charge in [-0.3, -0.25) is 0 Å². The van der Waals surface area contributed by atoms with Crippen molar-refractivity contribution in [2.24, 2.45) is 0 Å². The highest BCUT2D eigenvalue weighted by Gasteiger charge is 2.47. The van der Waals surface area contributed by atoms with Gasteiger partial charge in [0.05, 0.1) is 49.2 Å². The van der Waals surface area contributed by atoms with Crippen LogP contribution in [-0.2, 0) is 14.9 Å². The number of rotatable bonds is 2. The summed E-state index contributed by atoms with van der Waals surface area (Å²) < 4.78 is 11.1. The molecule has 0 amide bonds. The number of H-pyrrole nitrogens is 1. The second-order valence-electron chi connectivity index (χ2n) is 5.37. The molecule has 1 aromatic heterocycles. The average molecular weight is 259 g/mol. The maximum Gasteiger partial charge on any atom is 0.0931 e. The first-order chi connectivity index (χ1) is 9.38. The highest BCUT2D eigenvalue weighted by molar-refractivity contribution is 5.75. The van der Waals surface area contributed by atoms with Crippen molar-refractivity contribution < 1.29 is 9.47 Å². The summed E-state index contributed by atoms with van der Waals surface area (Å²) in [5, 5.41) is 3.57. The van der Waals surface area contributed by atoms with E-state index in [0.717, 1.165) is 44.0 Å². The van der Waals surface area contributed by atoms with Gasteiger partial charge in [0.25, 0.3) is 0 Å². The summed E-state index contributed by atoms with van der Waals surface area (Å²) in [5.74, 6) is 0.